The van der Waals surface area contributed by atoms with E-state index in [9.17, 15) is 9.59 Å². The van der Waals surface area contributed by atoms with Gasteiger partial charge in [0.05, 0.1) is 16.4 Å². The van der Waals surface area contributed by atoms with Gasteiger partial charge in [0.2, 0.25) is 5.91 Å². The summed E-state index contributed by atoms with van der Waals surface area (Å²) in [5.41, 5.74) is 2.90. The zero-order valence-corrected chi connectivity index (χ0v) is 16.6. The van der Waals surface area contributed by atoms with Crippen LogP contribution >= 0.6 is 22.9 Å². The lowest BCUT2D eigenvalue weighted by atomic mass is 10.1. The molecule has 1 amide bonds. The number of hydrogen-bond donors (Lipinski definition) is 1. The third kappa shape index (κ3) is 3.80. The van der Waals surface area contributed by atoms with Crippen molar-refractivity contribution in [3.05, 3.63) is 51.4 Å². The number of hydrogen-bond acceptors (Lipinski definition) is 4. The number of nitrogens with one attached hydrogen (secondary N) is 1. The first-order valence-corrected chi connectivity index (χ1v) is 10.3. The molecular weight excluding hydrogens is 382 g/mol. The van der Waals surface area contributed by atoms with Gasteiger partial charge < -0.3 is 10.1 Å². The van der Waals surface area contributed by atoms with Crippen LogP contribution in [0.4, 0.5) is 0 Å². The van der Waals surface area contributed by atoms with E-state index in [-0.39, 0.29) is 17.8 Å². The molecule has 0 fully saturated rings. The lowest BCUT2D eigenvalue weighted by molar-refractivity contribution is -0.117. The molecule has 0 saturated heterocycles. The Morgan fingerprint density at radius 3 is 2.89 bits per heavy atom. The second-order valence-corrected chi connectivity index (χ2v) is 8.43. The summed E-state index contributed by atoms with van der Waals surface area (Å²) in [7, 11) is 0. The standard InChI is InChI=1S/C21H20ClNO3S/c1-12(24)18-6-7-19(27-18)14-8-15-9-16(26-20(15)17(22)10-14)11-23-21(25)13-4-2-3-5-13/h4,6-8,10,16H,2-3,5,9,11H2,1H3,(H,23,25). The largest absolute Gasteiger partial charge is 0.486 e. The molecule has 1 aliphatic heterocycles. The molecule has 4 nitrogen and oxygen atoms in total. The molecule has 4 rings (SSSR count). The molecule has 0 bridgehead atoms. The second kappa shape index (κ2) is 7.49. The lowest BCUT2D eigenvalue weighted by Gasteiger charge is -2.12. The highest BCUT2D eigenvalue weighted by Crippen LogP contribution is 2.41. The van der Waals surface area contributed by atoms with E-state index in [1.807, 2.05) is 24.3 Å². The molecule has 1 unspecified atom stereocenters. The number of allylic oxidation sites excluding steroid dienone is 1. The minimum atomic E-state index is -0.116. The first-order chi connectivity index (χ1) is 13.0. The smallest absolute Gasteiger partial charge is 0.247 e. The molecule has 0 saturated carbocycles. The van der Waals surface area contributed by atoms with Crippen LogP contribution in [0.15, 0.2) is 35.9 Å². The van der Waals surface area contributed by atoms with Crippen molar-refractivity contribution in [2.24, 2.45) is 0 Å². The minimum Gasteiger partial charge on any atom is -0.486 e. The Labute approximate surface area is 167 Å². The van der Waals surface area contributed by atoms with Gasteiger partial charge in [-0.3, -0.25) is 9.59 Å². The SMILES string of the molecule is CC(=O)c1ccc(-c2cc(Cl)c3c(c2)CC(CNC(=O)C2=CCCC2)O3)s1. The molecule has 0 spiro atoms. The molecule has 27 heavy (non-hydrogen) atoms. The summed E-state index contributed by atoms with van der Waals surface area (Å²) in [4.78, 5) is 25.4. The topological polar surface area (TPSA) is 55.4 Å². The fourth-order valence-electron chi connectivity index (χ4n) is 3.52. The summed E-state index contributed by atoms with van der Waals surface area (Å²) in [6.45, 7) is 2.03. The molecule has 0 radical (unpaired) electrons. The first-order valence-electron chi connectivity index (χ1n) is 9.08. The molecular formula is C21H20ClNO3S. The first kappa shape index (κ1) is 18.3. The molecule has 1 aliphatic carbocycles. The number of thiophene rings is 1. The molecule has 2 aliphatic rings. The Bertz CT molecular complexity index is 947. The van der Waals surface area contributed by atoms with Gasteiger partial charge in [-0.1, -0.05) is 17.7 Å². The van der Waals surface area contributed by atoms with Gasteiger partial charge in [-0.15, -0.1) is 11.3 Å². The van der Waals surface area contributed by atoms with Gasteiger partial charge in [0.25, 0.3) is 0 Å². The normalized spacial score (nSPS) is 18.0. The Balaban J connectivity index is 1.46. The van der Waals surface area contributed by atoms with Crippen molar-refractivity contribution in [3.8, 4) is 16.2 Å². The Kier molecular flexibility index (Phi) is 5.06. The molecule has 2 heterocycles. The van der Waals surface area contributed by atoms with E-state index < -0.39 is 0 Å². The van der Waals surface area contributed by atoms with E-state index in [4.69, 9.17) is 16.3 Å². The second-order valence-electron chi connectivity index (χ2n) is 6.94. The number of benzene rings is 1. The number of Topliss-reactive ketones (excluding diaryl/α,β-unsaturated/α-hetero) is 1. The number of carbonyl (C=O) groups excluding carboxylic acids is 2. The molecule has 1 N–H and O–H groups in total. The Morgan fingerprint density at radius 1 is 1.33 bits per heavy atom. The minimum absolute atomic E-state index is 0.00851. The van der Waals surface area contributed by atoms with Crippen molar-refractivity contribution in [1.29, 1.82) is 0 Å². The third-order valence-corrected chi connectivity index (χ3v) is 6.43. The van der Waals surface area contributed by atoms with Crippen LogP contribution in [0, 0.1) is 0 Å². The maximum absolute atomic E-state index is 12.2. The predicted octanol–water partition coefficient (Wildman–Crippen LogP) is 4.80. The highest BCUT2D eigenvalue weighted by molar-refractivity contribution is 7.17. The van der Waals surface area contributed by atoms with Gasteiger partial charge in [-0.25, -0.2) is 0 Å². The van der Waals surface area contributed by atoms with E-state index in [1.165, 1.54) is 11.3 Å². The molecule has 1 atom stereocenters. The number of fused-ring (bicyclic) bond motifs is 1. The van der Waals surface area contributed by atoms with Gasteiger partial charge in [-0.05, 0) is 56.0 Å². The molecule has 1 aromatic heterocycles. The van der Waals surface area contributed by atoms with Crippen LogP contribution in [-0.4, -0.2) is 24.3 Å². The number of halogens is 1. The maximum Gasteiger partial charge on any atom is 0.247 e. The average molecular weight is 402 g/mol. The summed E-state index contributed by atoms with van der Waals surface area (Å²) in [6, 6.07) is 7.73. The van der Waals surface area contributed by atoms with Gasteiger partial charge in [0.1, 0.15) is 11.9 Å². The monoisotopic (exact) mass is 401 g/mol. The van der Waals surface area contributed by atoms with Crippen LogP contribution in [0.3, 0.4) is 0 Å². The highest BCUT2D eigenvalue weighted by Gasteiger charge is 2.27. The Hall–Kier alpha value is -2.11. The number of carbonyl (C=O) groups is 2. The van der Waals surface area contributed by atoms with Crippen LogP contribution in [0.25, 0.3) is 10.4 Å². The number of amides is 1. The van der Waals surface area contributed by atoms with E-state index in [0.717, 1.165) is 45.7 Å². The summed E-state index contributed by atoms with van der Waals surface area (Å²) < 4.78 is 5.97. The van der Waals surface area contributed by atoms with Gasteiger partial charge >= 0.3 is 0 Å². The van der Waals surface area contributed by atoms with Crippen LogP contribution in [0.5, 0.6) is 5.75 Å². The molecule has 2 aromatic rings. The molecule has 140 valence electrons. The van der Waals surface area contributed by atoms with Crippen molar-refractivity contribution in [3.63, 3.8) is 0 Å². The fourth-order valence-corrected chi connectivity index (χ4v) is 4.70. The van der Waals surface area contributed by atoms with Gasteiger partial charge in [0, 0.05) is 22.4 Å². The summed E-state index contributed by atoms with van der Waals surface area (Å²) in [6.07, 6.45) is 5.50. The van der Waals surface area contributed by atoms with Crippen molar-refractivity contribution in [2.75, 3.05) is 6.54 Å². The van der Waals surface area contributed by atoms with Crippen molar-refractivity contribution in [1.82, 2.24) is 5.32 Å². The number of ketones is 1. The van der Waals surface area contributed by atoms with Crippen LogP contribution in [0.1, 0.15) is 41.4 Å². The van der Waals surface area contributed by atoms with Gasteiger partial charge in [-0.2, -0.15) is 0 Å². The predicted molar refractivity (Wildman–Crippen MR) is 108 cm³/mol. The number of ether oxygens (including phenoxy) is 1. The van der Waals surface area contributed by atoms with E-state index in [2.05, 4.69) is 11.4 Å². The third-order valence-electron chi connectivity index (χ3n) is 4.91. The summed E-state index contributed by atoms with van der Waals surface area (Å²) >= 11 is 7.91. The average Bonchev–Trinajstić information content (AvgIpc) is 3.39. The van der Waals surface area contributed by atoms with Gasteiger partial charge in [0.15, 0.2) is 5.78 Å². The van der Waals surface area contributed by atoms with E-state index >= 15 is 0 Å². The summed E-state index contributed by atoms with van der Waals surface area (Å²) in [5.74, 6) is 0.771. The number of rotatable bonds is 5. The van der Waals surface area contributed by atoms with E-state index in [0.29, 0.717) is 23.7 Å². The maximum atomic E-state index is 12.2. The van der Waals surface area contributed by atoms with Crippen LogP contribution < -0.4 is 10.1 Å². The van der Waals surface area contributed by atoms with Crippen molar-refractivity contribution in [2.45, 2.75) is 38.7 Å². The summed E-state index contributed by atoms with van der Waals surface area (Å²) in [5, 5.41) is 3.53. The fraction of sp³-hybridized carbons (Fsp3) is 0.333. The lowest BCUT2D eigenvalue weighted by Crippen LogP contribution is -2.35. The molecule has 1 aromatic carbocycles. The van der Waals surface area contributed by atoms with Crippen LogP contribution in [-0.2, 0) is 11.2 Å². The van der Waals surface area contributed by atoms with Crippen LogP contribution in [0.2, 0.25) is 5.02 Å². The quantitative estimate of drug-likeness (QED) is 0.732. The van der Waals surface area contributed by atoms with Crippen molar-refractivity contribution < 1.29 is 14.3 Å². The zero-order valence-electron chi connectivity index (χ0n) is 15.0. The zero-order chi connectivity index (χ0) is 19.0. The van der Waals surface area contributed by atoms with Crippen molar-refractivity contribution >= 4 is 34.6 Å². The van der Waals surface area contributed by atoms with E-state index in [1.54, 1.807) is 6.92 Å². The highest BCUT2D eigenvalue weighted by atomic mass is 35.5. The molecule has 6 heteroatoms. The Morgan fingerprint density at radius 2 is 2.19 bits per heavy atom.